The van der Waals surface area contributed by atoms with Crippen molar-refractivity contribution in [3.63, 3.8) is 0 Å². The minimum absolute atomic E-state index is 0.0521. The molecule has 1 aliphatic heterocycles. The third-order valence-electron chi connectivity index (χ3n) is 5.01. The van der Waals surface area contributed by atoms with Crippen LogP contribution < -0.4 is 14.8 Å². The van der Waals surface area contributed by atoms with Gasteiger partial charge in [0.1, 0.15) is 17.3 Å². The minimum Gasteiger partial charge on any atom is -0.497 e. The van der Waals surface area contributed by atoms with E-state index in [1.54, 1.807) is 38.5 Å². The Balaban J connectivity index is 1.66. The fourth-order valence-corrected chi connectivity index (χ4v) is 3.39. The zero-order chi connectivity index (χ0) is 21.3. The quantitative estimate of drug-likeness (QED) is 0.673. The van der Waals surface area contributed by atoms with Gasteiger partial charge >= 0.3 is 0 Å². The van der Waals surface area contributed by atoms with Crippen LogP contribution in [0.3, 0.4) is 0 Å². The lowest BCUT2D eigenvalue weighted by molar-refractivity contribution is -0.116. The Morgan fingerprint density at radius 1 is 1.13 bits per heavy atom. The van der Waals surface area contributed by atoms with Crippen molar-refractivity contribution in [3.8, 4) is 11.5 Å². The van der Waals surface area contributed by atoms with Crippen molar-refractivity contribution in [2.24, 2.45) is 0 Å². The predicted octanol–water partition coefficient (Wildman–Crippen LogP) is 3.05. The summed E-state index contributed by atoms with van der Waals surface area (Å²) in [6.07, 6.45) is 3.19. The molecule has 1 aliphatic rings. The van der Waals surface area contributed by atoms with Gasteiger partial charge < -0.3 is 19.5 Å². The summed E-state index contributed by atoms with van der Waals surface area (Å²) < 4.78 is 29.3. The van der Waals surface area contributed by atoms with Gasteiger partial charge in [0, 0.05) is 31.8 Å². The Bertz CT molecular complexity index is 842. The summed E-state index contributed by atoms with van der Waals surface area (Å²) in [6, 6.07) is 11.8. The second-order valence-electron chi connectivity index (χ2n) is 6.94. The molecule has 1 atom stereocenters. The van der Waals surface area contributed by atoms with Crippen LogP contribution in [0.4, 0.5) is 4.39 Å². The molecule has 0 spiro atoms. The zero-order valence-corrected chi connectivity index (χ0v) is 17.3. The summed E-state index contributed by atoms with van der Waals surface area (Å²) in [6.45, 7) is 3.22. The number of carbonyl (C=O) groups excluding carboxylic acids is 1. The molecular formula is C23H27FN2O4. The van der Waals surface area contributed by atoms with E-state index in [4.69, 9.17) is 14.2 Å². The normalized spacial score (nSPS) is 15.7. The predicted molar refractivity (Wildman–Crippen MR) is 113 cm³/mol. The summed E-state index contributed by atoms with van der Waals surface area (Å²) in [4.78, 5) is 14.7. The number of carbonyl (C=O) groups is 1. The molecule has 0 aliphatic carbocycles. The molecule has 0 unspecified atom stereocenters. The van der Waals surface area contributed by atoms with E-state index >= 15 is 0 Å². The highest BCUT2D eigenvalue weighted by Crippen LogP contribution is 2.24. The highest BCUT2D eigenvalue weighted by Gasteiger charge is 2.23. The van der Waals surface area contributed by atoms with E-state index in [1.165, 1.54) is 18.2 Å². The molecule has 2 aromatic rings. The first-order chi connectivity index (χ1) is 14.6. The second kappa shape index (κ2) is 10.8. The number of morpholine rings is 1. The number of hydrogen-bond acceptors (Lipinski definition) is 5. The van der Waals surface area contributed by atoms with Crippen LogP contribution in [0.1, 0.15) is 17.2 Å². The number of hydrogen-bond donors (Lipinski definition) is 1. The van der Waals surface area contributed by atoms with Crippen LogP contribution in [0.5, 0.6) is 11.5 Å². The molecule has 2 aromatic carbocycles. The van der Waals surface area contributed by atoms with E-state index in [0.29, 0.717) is 31.3 Å². The lowest BCUT2D eigenvalue weighted by Gasteiger charge is -2.34. The van der Waals surface area contributed by atoms with Crippen molar-refractivity contribution in [2.75, 3.05) is 47.1 Å². The maximum Gasteiger partial charge on any atom is 0.244 e. The molecule has 7 heteroatoms. The van der Waals surface area contributed by atoms with Crippen molar-refractivity contribution in [2.45, 2.75) is 6.04 Å². The summed E-state index contributed by atoms with van der Waals surface area (Å²) in [5.41, 5.74) is 1.75. The Morgan fingerprint density at radius 2 is 1.77 bits per heavy atom. The van der Waals surface area contributed by atoms with E-state index < -0.39 is 0 Å². The molecule has 6 nitrogen and oxygen atoms in total. The Hall–Kier alpha value is -2.90. The first kappa shape index (κ1) is 21.8. The van der Waals surface area contributed by atoms with Crippen LogP contribution in [-0.4, -0.2) is 57.9 Å². The van der Waals surface area contributed by atoms with Crippen LogP contribution >= 0.6 is 0 Å². The summed E-state index contributed by atoms with van der Waals surface area (Å²) in [7, 11) is 3.16. The van der Waals surface area contributed by atoms with Crippen molar-refractivity contribution >= 4 is 12.0 Å². The molecule has 3 rings (SSSR count). The number of methoxy groups -OCH3 is 2. The number of halogens is 1. The van der Waals surface area contributed by atoms with Gasteiger partial charge in [-0.3, -0.25) is 9.69 Å². The Morgan fingerprint density at radius 3 is 2.37 bits per heavy atom. The van der Waals surface area contributed by atoms with Crippen LogP contribution in [0, 0.1) is 5.82 Å². The Labute approximate surface area is 176 Å². The largest absolute Gasteiger partial charge is 0.497 e. The van der Waals surface area contributed by atoms with Crippen molar-refractivity contribution in [1.29, 1.82) is 0 Å². The minimum atomic E-state index is -0.278. The lowest BCUT2D eigenvalue weighted by atomic mass is 10.0. The lowest BCUT2D eigenvalue weighted by Crippen LogP contribution is -2.43. The average Bonchev–Trinajstić information content (AvgIpc) is 2.79. The molecule has 1 amide bonds. The number of ether oxygens (including phenoxy) is 3. The molecule has 0 aromatic heterocycles. The third-order valence-corrected chi connectivity index (χ3v) is 5.01. The van der Waals surface area contributed by atoms with Crippen molar-refractivity contribution in [1.82, 2.24) is 10.2 Å². The van der Waals surface area contributed by atoms with Crippen molar-refractivity contribution < 1.29 is 23.4 Å². The number of benzene rings is 2. The van der Waals surface area contributed by atoms with Gasteiger partial charge in [0.25, 0.3) is 0 Å². The van der Waals surface area contributed by atoms with E-state index in [0.717, 1.165) is 24.2 Å². The van der Waals surface area contributed by atoms with Gasteiger partial charge in [-0.1, -0.05) is 12.1 Å². The molecule has 1 heterocycles. The van der Waals surface area contributed by atoms with Gasteiger partial charge in [0.05, 0.1) is 33.5 Å². The van der Waals surface area contributed by atoms with Gasteiger partial charge in [0.15, 0.2) is 0 Å². The molecule has 0 bridgehead atoms. The number of nitrogens with zero attached hydrogens (tertiary/aromatic N) is 1. The summed E-state index contributed by atoms with van der Waals surface area (Å²) in [5.74, 6) is 0.813. The molecule has 160 valence electrons. The molecule has 30 heavy (non-hydrogen) atoms. The Kier molecular flexibility index (Phi) is 7.82. The maximum atomic E-state index is 13.3. The summed E-state index contributed by atoms with van der Waals surface area (Å²) >= 11 is 0. The van der Waals surface area contributed by atoms with Crippen LogP contribution in [0.2, 0.25) is 0 Å². The van der Waals surface area contributed by atoms with Gasteiger partial charge in [-0.15, -0.1) is 0 Å². The average molecular weight is 414 g/mol. The highest BCUT2D eigenvalue weighted by atomic mass is 19.1. The topological polar surface area (TPSA) is 60.0 Å². The first-order valence-electron chi connectivity index (χ1n) is 9.85. The number of nitrogens with one attached hydrogen (secondary N) is 1. The van der Waals surface area contributed by atoms with E-state index in [-0.39, 0.29) is 17.8 Å². The van der Waals surface area contributed by atoms with Crippen LogP contribution in [-0.2, 0) is 9.53 Å². The third kappa shape index (κ3) is 6.05. The highest BCUT2D eigenvalue weighted by molar-refractivity contribution is 5.91. The molecule has 0 radical (unpaired) electrons. The number of rotatable bonds is 8. The van der Waals surface area contributed by atoms with Crippen LogP contribution in [0.25, 0.3) is 6.08 Å². The fraction of sp³-hybridized carbons (Fsp3) is 0.348. The molecule has 0 saturated carbocycles. The van der Waals surface area contributed by atoms with E-state index in [1.807, 2.05) is 12.1 Å². The fourth-order valence-electron chi connectivity index (χ4n) is 3.39. The summed E-state index contributed by atoms with van der Waals surface area (Å²) in [5, 5.41) is 2.96. The maximum absolute atomic E-state index is 13.3. The zero-order valence-electron chi connectivity index (χ0n) is 17.3. The van der Waals surface area contributed by atoms with Gasteiger partial charge in [0.2, 0.25) is 5.91 Å². The van der Waals surface area contributed by atoms with Gasteiger partial charge in [-0.05, 0) is 41.5 Å². The first-order valence-corrected chi connectivity index (χ1v) is 9.85. The monoisotopic (exact) mass is 414 g/mol. The van der Waals surface area contributed by atoms with Gasteiger partial charge in [-0.25, -0.2) is 4.39 Å². The molecular weight excluding hydrogens is 387 g/mol. The van der Waals surface area contributed by atoms with Crippen molar-refractivity contribution in [3.05, 3.63) is 65.5 Å². The second-order valence-corrected chi connectivity index (χ2v) is 6.94. The van der Waals surface area contributed by atoms with E-state index in [9.17, 15) is 9.18 Å². The molecule has 1 saturated heterocycles. The number of amides is 1. The van der Waals surface area contributed by atoms with Crippen LogP contribution in [0.15, 0.2) is 48.5 Å². The standard InChI is InChI=1S/C23H27FN2O4/c1-28-20-13-17(14-21(15-20)29-2)3-8-23(27)25-16-22(26-9-11-30-12-10-26)18-4-6-19(24)7-5-18/h3-8,13-15,22H,9-12,16H2,1-2H3,(H,25,27)/b8-3+/t22-/m0/s1. The molecule has 1 fully saturated rings. The SMILES string of the molecule is COc1cc(/C=C/C(=O)NC[C@@H](c2ccc(F)cc2)N2CCOCC2)cc(OC)c1. The van der Waals surface area contributed by atoms with E-state index in [2.05, 4.69) is 10.2 Å². The molecule has 1 N–H and O–H groups in total. The van der Waals surface area contributed by atoms with Gasteiger partial charge in [-0.2, -0.15) is 0 Å². The smallest absolute Gasteiger partial charge is 0.244 e.